The standard InChI is InChI=1S/C14H22N2O/c1-3-7-11(8-4-1)13-15-16-14(17-13)12-9-5-2-6-10-12/h11-12H,1-10H2. The molecule has 0 amide bonds. The highest BCUT2D eigenvalue weighted by Gasteiger charge is 2.25. The molecule has 0 aliphatic heterocycles. The lowest BCUT2D eigenvalue weighted by Gasteiger charge is -2.19. The molecule has 0 unspecified atom stereocenters. The average molecular weight is 234 g/mol. The van der Waals surface area contributed by atoms with Gasteiger partial charge in [0.05, 0.1) is 0 Å². The van der Waals surface area contributed by atoms with Crippen LogP contribution in [-0.2, 0) is 0 Å². The van der Waals surface area contributed by atoms with Crippen LogP contribution in [0.1, 0.15) is 87.8 Å². The summed E-state index contributed by atoms with van der Waals surface area (Å²) in [4.78, 5) is 0. The molecule has 1 heterocycles. The Morgan fingerprint density at radius 2 is 1.06 bits per heavy atom. The molecule has 2 saturated carbocycles. The maximum Gasteiger partial charge on any atom is 0.219 e. The molecule has 0 N–H and O–H groups in total. The first-order valence-electron chi connectivity index (χ1n) is 7.27. The molecule has 1 aromatic rings. The SMILES string of the molecule is C1CCC(c2nnc(C3CCCCC3)o2)CC1. The first-order chi connectivity index (χ1) is 8.43. The Hall–Kier alpha value is -0.860. The number of hydrogen-bond donors (Lipinski definition) is 0. The number of hydrogen-bond acceptors (Lipinski definition) is 3. The van der Waals surface area contributed by atoms with Gasteiger partial charge in [-0.1, -0.05) is 38.5 Å². The van der Waals surface area contributed by atoms with E-state index in [0.29, 0.717) is 11.8 Å². The van der Waals surface area contributed by atoms with E-state index < -0.39 is 0 Å². The molecule has 2 aliphatic rings. The summed E-state index contributed by atoms with van der Waals surface area (Å²) in [5.41, 5.74) is 0. The minimum atomic E-state index is 0.550. The van der Waals surface area contributed by atoms with Crippen molar-refractivity contribution >= 4 is 0 Å². The smallest absolute Gasteiger partial charge is 0.219 e. The van der Waals surface area contributed by atoms with Gasteiger partial charge in [-0.3, -0.25) is 0 Å². The molecule has 2 fully saturated rings. The lowest BCUT2D eigenvalue weighted by molar-refractivity contribution is 0.318. The maximum atomic E-state index is 5.94. The maximum absolute atomic E-state index is 5.94. The van der Waals surface area contributed by atoms with E-state index in [1.807, 2.05) is 0 Å². The summed E-state index contributed by atoms with van der Waals surface area (Å²) in [6, 6.07) is 0. The van der Waals surface area contributed by atoms with Gasteiger partial charge in [-0.15, -0.1) is 10.2 Å². The second-order valence-electron chi connectivity index (χ2n) is 5.65. The van der Waals surface area contributed by atoms with E-state index in [2.05, 4.69) is 10.2 Å². The van der Waals surface area contributed by atoms with Crippen molar-refractivity contribution in [3.05, 3.63) is 11.8 Å². The van der Waals surface area contributed by atoms with Crippen LogP contribution in [0.25, 0.3) is 0 Å². The van der Waals surface area contributed by atoms with Crippen LogP contribution in [0.5, 0.6) is 0 Å². The molecule has 0 bridgehead atoms. The normalized spacial score (nSPS) is 24.0. The minimum Gasteiger partial charge on any atom is -0.425 e. The van der Waals surface area contributed by atoms with Gasteiger partial charge in [0.25, 0.3) is 0 Å². The van der Waals surface area contributed by atoms with Crippen LogP contribution in [-0.4, -0.2) is 10.2 Å². The Morgan fingerprint density at radius 3 is 1.47 bits per heavy atom. The lowest BCUT2D eigenvalue weighted by atomic mass is 9.89. The van der Waals surface area contributed by atoms with Crippen molar-refractivity contribution in [1.29, 1.82) is 0 Å². The molecule has 94 valence electrons. The molecule has 0 aromatic carbocycles. The average Bonchev–Trinajstić information content (AvgIpc) is 2.90. The first kappa shape index (κ1) is 11.2. The van der Waals surface area contributed by atoms with Gasteiger partial charge >= 0.3 is 0 Å². The van der Waals surface area contributed by atoms with Gasteiger partial charge in [0.2, 0.25) is 11.8 Å². The van der Waals surface area contributed by atoms with Crippen molar-refractivity contribution in [2.75, 3.05) is 0 Å². The Balaban J connectivity index is 1.68. The van der Waals surface area contributed by atoms with Gasteiger partial charge in [-0.05, 0) is 25.7 Å². The summed E-state index contributed by atoms with van der Waals surface area (Å²) in [6.07, 6.45) is 13.0. The van der Waals surface area contributed by atoms with Crippen LogP contribution in [0.4, 0.5) is 0 Å². The van der Waals surface area contributed by atoms with Crippen molar-refractivity contribution in [2.45, 2.75) is 76.0 Å². The largest absolute Gasteiger partial charge is 0.425 e. The molecule has 3 heteroatoms. The summed E-state index contributed by atoms with van der Waals surface area (Å²) in [5.74, 6) is 2.94. The quantitative estimate of drug-likeness (QED) is 0.771. The van der Waals surface area contributed by atoms with E-state index in [4.69, 9.17) is 4.42 Å². The zero-order valence-corrected chi connectivity index (χ0v) is 10.5. The molecule has 17 heavy (non-hydrogen) atoms. The van der Waals surface area contributed by atoms with Crippen LogP contribution < -0.4 is 0 Å². The molecule has 3 nitrogen and oxygen atoms in total. The number of aromatic nitrogens is 2. The number of nitrogens with zero attached hydrogens (tertiary/aromatic N) is 2. The Labute approximate surface area is 103 Å². The third kappa shape index (κ3) is 2.53. The minimum absolute atomic E-state index is 0.550. The number of rotatable bonds is 2. The molecule has 1 aromatic heterocycles. The highest BCUT2D eigenvalue weighted by Crippen LogP contribution is 2.35. The van der Waals surface area contributed by atoms with Crippen LogP contribution in [0.3, 0.4) is 0 Å². The van der Waals surface area contributed by atoms with E-state index >= 15 is 0 Å². The van der Waals surface area contributed by atoms with E-state index in [0.717, 1.165) is 11.8 Å². The summed E-state index contributed by atoms with van der Waals surface area (Å²) in [5, 5.41) is 8.60. The molecule has 0 spiro atoms. The van der Waals surface area contributed by atoms with Crippen molar-refractivity contribution in [2.24, 2.45) is 0 Å². The van der Waals surface area contributed by atoms with Gasteiger partial charge in [-0.25, -0.2) is 0 Å². The molecule has 0 radical (unpaired) electrons. The highest BCUT2D eigenvalue weighted by atomic mass is 16.4. The van der Waals surface area contributed by atoms with Gasteiger partial charge < -0.3 is 4.42 Å². The summed E-state index contributed by atoms with van der Waals surface area (Å²) >= 11 is 0. The van der Waals surface area contributed by atoms with Crippen molar-refractivity contribution in [3.8, 4) is 0 Å². The van der Waals surface area contributed by atoms with E-state index in [9.17, 15) is 0 Å². The van der Waals surface area contributed by atoms with Crippen LogP contribution in [0, 0.1) is 0 Å². The predicted molar refractivity (Wildman–Crippen MR) is 66.0 cm³/mol. The Kier molecular flexibility index (Phi) is 3.44. The Bertz CT molecular complexity index is 316. The lowest BCUT2D eigenvalue weighted by Crippen LogP contribution is -2.05. The fourth-order valence-electron chi connectivity index (χ4n) is 3.28. The van der Waals surface area contributed by atoms with Crippen molar-refractivity contribution in [3.63, 3.8) is 0 Å². The van der Waals surface area contributed by atoms with Gasteiger partial charge in [0, 0.05) is 11.8 Å². The van der Waals surface area contributed by atoms with E-state index in [1.165, 1.54) is 64.2 Å². The zero-order valence-electron chi connectivity index (χ0n) is 10.5. The van der Waals surface area contributed by atoms with Gasteiger partial charge in [-0.2, -0.15) is 0 Å². The van der Waals surface area contributed by atoms with Crippen LogP contribution >= 0.6 is 0 Å². The zero-order chi connectivity index (χ0) is 11.5. The summed E-state index contributed by atoms with van der Waals surface area (Å²) in [7, 11) is 0. The fourth-order valence-corrected chi connectivity index (χ4v) is 3.28. The van der Waals surface area contributed by atoms with Crippen LogP contribution in [0.15, 0.2) is 4.42 Å². The molecule has 3 rings (SSSR count). The molecule has 2 aliphatic carbocycles. The topological polar surface area (TPSA) is 38.9 Å². The van der Waals surface area contributed by atoms with E-state index in [1.54, 1.807) is 0 Å². The van der Waals surface area contributed by atoms with Crippen LogP contribution in [0.2, 0.25) is 0 Å². The summed E-state index contributed by atoms with van der Waals surface area (Å²) in [6.45, 7) is 0. The molecular weight excluding hydrogens is 212 g/mol. The second kappa shape index (κ2) is 5.19. The monoisotopic (exact) mass is 234 g/mol. The fraction of sp³-hybridized carbons (Fsp3) is 0.857. The third-order valence-electron chi connectivity index (χ3n) is 4.37. The van der Waals surface area contributed by atoms with Crippen molar-refractivity contribution < 1.29 is 4.42 Å². The second-order valence-corrected chi connectivity index (χ2v) is 5.65. The molecule has 0 saturated heterocycles. The Morgan fingerprint density at radius 1 is 0.647 bits per heavy atom. The molecular formula is C14H22N2O. The highest BCUT2D eigenvalue weighted by molar-refractivity contribution is 4.97. The van der Waals surface area contributed by atoms with Gasteiger partial charge in [0.15, 0.2) is 0 Å². The molecule has 0 atom stereocenters. The van der Waals surface area contributed by atoms with E-state index in [-0.39, 0.29) is 0 Å². The first-order valence-corrected chi connectivity index (χ1v) is 7.27. The third-order valence-corrected chi connectivity index (χ3v) is 4.37. The van der Waals surface area contributed by atoms with Crippen molar-refractivity contribution in [1.82, 2.24) is 10.2 Å². The predicted octanol–water partition coefficient (Wildman–Crippen LogP) is 4.17. The van der Waals surface area contributed by atoms with Gasteiger partial charge in [0.1, 0.15) is 0 Å². The summed E-state index contributed by atoms with van der Waals surface area (Å²) < 4.78 is 5.94.